The average Bonchev–Trinajstić information content (AvgIpc) is 2.93. The van der Waals surface area contributed by atoms with Gasteiger partial charge in [-0.2, -0.15) is 4.98 Å². The van der Waals surface area contributed by atoms with Crippen molar-refractivity contribution >= 4 is 5.69 Å². The molecule has 2 aromatic carbocycles. The third-order valence-electron chi connectivity index (χ3n) is 3.26. The molecule has 0 aliphatic rings. The number of nitrogens with zero attached hydrogens (tertiary/aromatic N) is 2. The molecule has 0 saturated heterocycles. The standard InChI is InChI=1S/C17H17N3O/c1-13-19-17(20-21-13)12-18-16-10-6-5-9-15(16)11-14-7-3-2-4-8-14/h2-10,18H,11-12H2,1H3. The van der Waals surface area contributed by atoms with Crippen LogP contribution in [0.1, 0.15) is 22.8 Å². The molecule has 0 fully saturated rings. The third-order valence-corrected chi connectivity index (χ3v) is 3.26. The molecule has 0 bridgehead atoms. The number of benzene rings is 2. The van der Waals surface area contributed by atoms with E-state index in [-0.39, 0.29) is 0 Å². The molecule has 0 amide bonds. The second-order valence-electron chi connectivity index (χ2n) is 4.90. The Hall–Kier alpha value is -2.62. The molecule has 0 aliphatic heterocycles. The zero-order chi connectivity index (χ0) is 14.5. The molecule has 3 aromatic rings. The van der Waals surface area contributed by atoms with Crippen LogP contribution in [0.3, 0.4) is 0 Å². The first-order valence-electron chi connectivity index (χ1n) is 6.96. The van der Waals surface area contributed by atoms with Crippen LogP contribution in [-0.2, 0) is 13.0 Å². The quantitative estimate of drug-likeness (QED) is 0.775. The molecule has 1 aromatic heterocycles. The van der Waals surface area contributed by atoms with Gasteiger partial charge >= 0.3 is 0 Å². The van der Waals surface area contributed by atoms with E-state index in [1.54, 1.807) is 6.92 Å². The minimum atomic E-state index is 0.559. The molecule has 0 aliphatic carbocycles. The molecule has 0 atom stereocenters. The van der Waals surface area contributed by atoms with Gasteiger partial charge in [0.05, 0.1) is 6.54 Å². The Morgan fingerprint density at radius 2 is 1.76 bits per heavy atom. The largest absolute Gasteiger partial charge is 0.377 e. The van der Waals surface area contributed by atoms with Gasteiger partial charge in [-0.05, 0) is 23.6 Å². The first-order chi connectivity index (χ1) is 10.3. The molecular formula is C17H17N3O. The van der Waals surface area contributed by atoms with Gasteiger partial charge in [-0.1, -0.05) is 53.7 Å². The Balaban J connectivity index is 1.73. The lowest BCUT2D eigenvalue weighted by atomic mass is 10.0. The summed E-state index contributed by atoms with van der Waals surface area (Å²) in [6, 6.07) is 18.7. The van der Waals surface area contributed by atoms with E-state index in [4.69, 9.17) is 4.52 Å². The fourth-order valence-electron chi connectivity index (χ4n) is 2.25. The van der Waals surface area contributed by atoms with Gasteiger partial charge in [-0.3, -0.25) is 0 Å². The highest BCUT2D eigenvalue weighted by molar-refractivity contribution is 5.52. The van der Waals surface area contributed by atoms with Crippen molar-refractivity contribution in [3.05, 3.63) is 77.4 Å². The molecule has 3 rings (SSSR count). The molecule has 0 radical (unpaired) electrons. The summed E-state index contributed by atoms with van der Waals surface area (Å²) in [6.45, 7) is 2.35. The maximum atomic E-state index is 4.98. The molecule has 1 N–H and O–H groups in total. The van der Waals surface area contributed by atoms with Gasteiger partial charge < -0.3 is 9.84 Å². The van der Waals surface area contributed by atoms with Crippen LogP contribution in [-0.4, -0.2) is 10.1 Å². The lowest BCUT2D eigenvalue weighted by Gasteiger charge is -2.10. The van der Waals surface area contributed by atoms with Crippen LogP contribution in [0.25, 0.3) is 0 Å². The van der Waals surface area contributed by atoms with Gasteiger partial charge in [-0.25, -0.2) is 0 Å². The van der Waals surface area contributed by atoms with Crippen LogP contribution in [0.2, 0.25) is 0 Å². The molecule has 0 unspecified atom stereocenters. The molecular weight excluding hydrogens is 262 g/mol. The Morgan fingerprint density at radius 3 is 2.52 bits per heavy atom. The SMILES string of the molecule is Cc1nc(CNc2ccccc2Cc2ccccc2)no1. The van der Waals surface area contributed by atoms with Gasteiger partial charge in [0, 0.05) is 12.6 Å². The van der Waals surface area contributed by atoms with Gasteiger partial charge in [0.1, 0.15) is 0 Å². The van der Waals surface area contributed by atoms with Crippen LogP contribution in [0.15, 0.2) is 59.1 Å². The summed E-state index contributed by atoms with van der Waals surface area (Å²) in [4.78, 5) is 4.20. The first-order valence-corrected chi connectivity index (χ1v) is 6.96. The van der Waals surface area contributed by atoms with Crippen LogP contribution in [0, 0.1) is 6.92 Å². The number of hydrogen-bond acceptors (Lipinski definition) is 4. The summed E-state index contributed by atoms with van der Waals surface area (Å²) in [6.07, 6.45) is 0.898. The minimum Gasteiger partial charge on any atom is -0.377 e. The number of aryl methyl sites for hydroxylation is 1. The first kappa shape index (κ1) is 13.4. The zero-order valence-corrected chi connectivity index (χ0v) is 11.9. The summed E-state index contributed by atoms with van der Waals surface area (Å²) < 4.78 is 4.98. The lowest BCUT2D eigenvalue weighted by Crippen LogP contribution is -2.04. The number of hydrogen-bond donors (Lipinski definition) is 1. The fraction of sp³-hybridized carbons (Fsp3) is 0.176. The van der Waals surface area contributed by atoms with Gasteiger partial charge in [-0.15, -0.1) is 0 Å². The molecule has 1 heterocycles. The summed E-state index contributed by atoms with van der Waals surface area (Å²) >= 11 is 0. The highest BCUT2D eigenvalue weighted by Gasteiger charge is 2.05. The van der Waals surface area contributed by atoms with E-state index in [9.17, 15) is 0 Å². The van der Waals surface area contributed by atoms with E-state index < -0.39 is 0 Å². The topological polar surface area (TPSA) is 51.0 Å². The van der Waals surface area contributed by atoms with Crippen molar-refractivity contribution in [2.45, 2.75) is 19.9 Å². The van der Waals surface area contributed by atoms with E-state index in [1.165, 1.54) is 11.1 Å². The molecule has 0 spiro atoms. The maximum Gasteiger partial charge on any atom is 0.223 e. The van der Waals surface area contributed by atoms with E-state index in [0.29, 0.717) is 18.3 Å². The number of nitrogens with one attached hydrogen (secondary N) is 1. The second-order valence-corrected chi connectivity index (χ2v) is 4.90. The van der Waals surface area contributed by atoms with Crippen LogP contribution in [0.4, 0.5) is 5.69 Å². The van der Waals surface area contributed by atoms with Crippen LogP contribution < -0.4 is 5.32 Å². The van der Waals surface area contributed by atoms with E-state index >= 15 is 0 Å². The molecule has 106 valence electrons. The molecule has 21 heavy (non-hydrogen) atoms. The van der Waals surface area contributed by atoms with Gasteiger partial charge in [0.2, 0.25) is 5.89 Å². The fourth-order valence-corrected chi connectivity index (χ4v) is 2.25. The maximum absolute atomic E-state index is 4.98. The van der Waals surface area contributed by atoms with Crippen molar-refractivity contribution < 1.29 is 4.52 Å². The average molecular weight is 279 g/mol. The monoisotopic (exact) mass is 279 g/mol. The normalized spacial score (nSPS) is 10.5. The van der Waals surface area contributed by atoms with Gasteiger partial charge in [0.25, 0.3) is 0 Å². The van der Waals surface area contributed by atoms with Crippen LogP contribution >= 0.6 is 0 Å². The van der Waals surface area contributed by atoms with Crippen molar-refractivity contribution in [3.8, 4) is 0 Å². The highest BCUT2D eigenvalue weighted by atomic mass is 16.5. The number of para-hydroxylation sites is 1. The Bertz CT molecular complexity index is 707. The summed E-state index contributed by atoms with van der Waals surface area (Å²) in [5.74, 6) is 1.26. The molecule has 4 nitrogen and oxygen atoms in total. The summed E-state index contributed by atoms with van der Waals surface area (Å²) in [5, 5.41) is 7.27. The number of rotatable bonds is 5. The van der Waals surface area contributed by atoms with Crippen molar-refractivity contribution in [3.63, 3.8) is 0 Å². The van der Waals surface area contributed by atoms with Crippen molar-refractivity contribution in [2.75, 3.05) is 5.32 Å². The second kappa shape index (κ2) is 6.22. The van der Waals surface area contributed by atoms with Crippen molar-refractivity contribution in [1.82, 2.24) is 10.1 Å². The smallest absolute Gasteiger partial charge is 0.223 e. The van der Waals surface area contributed by atoms with E-state index in [1.807, 2.05) is 12.1 Å². The van der Waals surface area contributed by atoms with E-state index in [0.717, 1.165) is 12.1 Å². The number of anilines is 1. The Labute approximate surface area is 123 Å². The number of aromatic nitrogens is 2. The zero-order valence-electron chi connectivity index (χ0n) is 11.9. The van der Waals surface area contributed by atoms with Crippen molar-refractivity contribution in [1.29, 1.82) is 0 Å². The predicted molar refractivity (Wildman–Crippen MR) is 82.1 cm³/mol. The summed E-state index contributed by atoms with van der Waals surface area (Å²) in [7, 11) is 0. The predicted octanol–water partition coefficient (Wildman–Crippen LogP) is 3.58. The van der Waals surface area contributed by atoms with Crippen LogP contribution in [0.5, 0.6) is 0 Å². The Morgan fingerprint density at radius 1 is 1.00 bits per heavy atom. The lowest BCUT2D eigenvalue weighted by molar-refractivity contribution is 0.388. The molecule has 4 heteroatoms. The molecule has 0 saturated carbocycles. The van der Waals surface area contributed by atoms with E-state index in [2.05, 4.69) is 57.9 Å². The highest BCUT2D eigenvalue weighted by Crippen LogP contribution is 2.19. The Kier molecular flexibility index (Phi) is 3.96. The van der Waals surface area contributed by atoms with Gasteiger partial charge in [0.15, 0.2) is 5.82 Å². The minimum absolute atomic E-state index is 0.559. The third kappa shape index (κ3) is 3.48. The van der Waals surface area contributed by atoms with Crippen molar-refractivity contribution in [2.24, 2.45) is 0 Å². The summed E-state index contributed by atoms with van der Waals surface area (Å²) in [5.41, 5.74) is 3.65.